The molecule has 0 atom stereocenters. The highest BCUT2D eigenvalue weighted by molar-refractivity contribution is 6.25. The lowest BCUT2D eigenvalue weighted by atomic mass is 9.94. The van der Waals surface area contributed by atoms with E-state index in [4.69, 9.17) is 4.74 Å². The number of benzene rings is 3. The molecule has 0 aliphatic carbocycles. The average Bonchev–Trinajstić information content (AvgIpc) is 2.84. The van der Waals surface area contributed by atoms with Crippen molar-refractivity contribution in [3.05, 3.63) is 83.4 Å². The SMILES string of the molecule is CCOC(=O)/C=C/c1ccc(NC(=O)CCCN2C(=O)c3cccc4cccc(c34)C2=O)cc1. The van der Waals surface area contributed by atoms with Crippen LogP contribution in [0.15, 0.2) is 66.7 Å². The topological polar surface area (TPSA) is 92.8 Å². The van der Waals surface area contributed by atoms with Gasteiger partial charge in [0.05, 0.1) is 6.61 Å². The third-order valence-electron chi connectivity index (χ3n) is 5.53. The number of hydrogen-bond donors (Lipinski definition) is 1. The molecular weight excluding hydrogens is 432 g/mol. The van der Waals surface area contributed by atoms with E-state index in [0.29, 0.717) is 35.2 Å². The van der Waals surface area contributed by atoms with Gasteiger partial charge in [0, 0.05) is 41.2 Å². The molecule has 1 N–H and O–H groups in total. The summed E-state index contributed by atoms with van der Waals surface area (Å²) in [5.41, 5.74) is 2.43. The minimum atomic E-state index is -0.411. The molecular formula is C27H24N2O5. The second-order valence-corrected chi connectivity index (χ2v) is 7.83. The number of rotatable bonds is 8. The number of imide groups is 1. The molecule has 0 bridgehead atoms. The van der Waals surface area contributed by atoms with Crippen molar-refractivity contribution in [1.29, 1.82) is 0 Å². The summed E-state index contributed by atoms with van der Waals surface area (Å²) in [5.74, 6) is -1.29. The van der Waals surface area contributed by atoms with Crippen LogP contribution in [0.3, 0.4) is 0 Å². The highest BCUT2D eigenvalue weighted by Crippen LogP contribution is 2.30. The van der Waals surface area contributed by atoms with Gasteiger partial charge in [0.25, 0.3) is 11.8 Å². The lowest BCUT2D eigenvalue weighted by Gasteiger charge is -2.27. The molecule has 4 rings (SSSR count). The maximum atomic E-state index is 12.9. The van der Waals surface area contributed by atoms with Crippen LogP contribution >= 0.6 is 0 Å². The Labute approximate surface area is 197 Å². The Hall–Kier alpha value is -4.26. The van der Waals surface area contributed by atoms with Crippen LogP contribution < -0.4 is 5.32 Å². The van der Waals surface area contributed by atoms with Gasteiger partial charge in [-0.25, -0.2) is 4.79 Å². The van der Waals surface area contributed by atoms with Crippen molar-refractivity contribution in [3.63, 3.8) is 0 Å². The van der Waals surface area contributed by atoms with Gasteiger partial charge in [0.15, 0.2) is 0 Å². The van der Waals surface area contributed by atoms with E-state index in [1.54, 1.807) is 61.5 Å². The van der Waals surface area contributed by atoms with E-state index in [1.165, 1.54) is 11.0 Å². The van der Waals surface area contributed by atoms with Gasteiger partial charge in [-0.3, -0.25) is 19.3 Å². The maximum Gasteiger partial charge on any atom is 0.330 e. The second-order valence-electron chi connectivity index (χ2n) is 7.83. The quantitative estimate of drug-likeness (QED) is 0.308. The number of esters is 1. The standard InChI is InChI=1S/C27H24N2O5/c1-2-34-24(31)16-13-18-11-14-20(15-12-18)28-23(30)10-5-17-29-26(32)21-8-3-6-19-7-4-9-22(25(19)21)27(29)33/h3-4,6-9,11-16H,2,5,10,17H2,1H3,(H,28,30)/b16-13+. The van der Waals surface area contributed by atoms with E-state index in [9.17, 15) is 19.2 Å². The van der Waals surface area contributed by atoms with E-state index >= 15 is 0 Å². The van der Waals surface area contributed by atoms with Gasteiger partial charge in [-0.15, -0.1) is 0 Å². The second kappa shape index (κ2) is 10.1. The van der Waals surface area contributed by atoms with Crippen LogP contribution in [-0.4, -0.2) is 41.7 Å². The Bertz CT molecular complexity index is 1240. The van der Waals surface area contributed by atoms with Crippen LogP contribution in [-0.2, 0) is 14.3 Å². The smallest absolute Gasteiger partial charge is 0.330 e. The molecule has 1 aliphatic heterocycles. The number of nitrogens with one attached hydrogen (secondary N) is 1. The van der Waals surface area contributed by atoms with Crippen molar-refractivity contribution in [3.8, 4) is 0 Å². The fourth-order valence-electron chi connectivity index (χ4n) is 3.94. The number of nitrogens with zero attached hydrogens (tertiary/aromatic N) is 1. The Balaban J connectivity index is 1.32. The first-order valence-electron chi connectivity index (χ1n) is 11.1. The first kappa shape index (κ1) is 22.9. The molecule has 1 heterocycles. The minimum absolute atomic E-state index is 0.160. The molecule has 0 fully saturated rings. The molecule has 0 saturated heterocycles. The molecule has 0 aromatic heterocycles. The van der Waals surface area contributed by atoms with Crippen LogP contribution in [0.25, 0.3) is 16.8 Å². The van der Waals surface area contributed by atoms with Crippen LogP contribution in [0.2, 0.25) is 0 Å². The monoisotopic (exact) mass is 456 g/mol. The summed E-state index contributed by atoms with van der Waals surface area (Å²) in [7, 11) is 0. The zero-order valence-corrected chi connectivity index (χ0v) is 18.7. The molecule has 7 nitrogen and oxygen atoms in total. The summed E-state index contributed by atoms with van der Waals surface area (Å²) in [6, 6.07) is 17.8. The minimum Gasteiger partial charge on any atom is -0.463 e. The van der Waals surface area contributed by atoms with E-state index in [0.717, 1.165) is 10.9 Å². The van der Waals surface area contributed by atoms with E-state index < -0.39 is 5.97 Å². The average molecular weight is 456 g/mol. The van der Waals surface area contributed by atoms with Gasteiger partial charge in [-0.1, -0.05) is 36.4 Å². The molecule has 0 spiro atoms. The Morgan fingerprint density at radius 2 is 1.59 bits per heavy atom. The molecule has 7 heteroatoms. The summed E-state index contributed by atoms with van der Waals surface area (Å²) >= 11 is 0. The van der Waals surface area contributed by atoms with Gasteiger partial charge >= 0.3 is 5.97 Å². The molecule has 34 heavy (non-hydrogen) atoms. The summed E-state index contributed by atoms with van der Waals surface area (Å²) < 4.78 is 4.84. The zero-order valence-electron chi connectivity index (χ0n) is 18.7. The first-order valence-corrected chi connectivity index (χ1v) is 11.1. The number of hydrogen-bond acceptors (Lipinski definition) is 5. The van der Waals surface area contributed by atoms with Crippen molar-refractivity contribution < 1.29 is 23.9 Å². The Kier molecular flexibility index (Phi) is 6.82. The predicted octanol–water partition coefficient (Wildman–Crippen LogP) is 4.43. The molecule has 3 aromatic carbocycles. The van der Waals surface area contributed by atoms with Crippen LogP contribution in [0, 0.1) is 0 Å². The van der Waals surface area contributed by atoms with E-state index in [-0.39, 0.29) is 30.7 Å². The van der Waals surface area contributed by atoms with E-state index in [1.807, 2.05) is 12.1 Å². The Morgan fingerprint density at radius 3 is 2.21 bits per heavy atom. The third-order valence-corrected chi connectivity index (χ3v) is 5.53. The number of ether oxygens (including phenoxy) is 1. The Morgan fingerprint density at radius 1 is 0.941 bits per heavy atom. The fraction of sp³-hybridized carbons (Fsp3) is 0.185. The van der Waals surface area contributed by atoms with Gasteiger partial charge in [-0.05, 0) is 54.6 Å². The van der Waals surface area contributed by atoms with Crippen LogP contribution in [0.4, 0.5) is 5.69 Å². The molecule has 3 amide bonds. The summed E-state index contributed by atoms with van der Waals surface area (Å²) in [4.78, 5) is 50.8. The first-order chi connectivity index (χ1) is 16.5. The number of carbonyl (C=O) groups is 4. The molecule has 0 saturated carbocycles. The lowest BCUT2D eigenvalue weighted by molar-refractivity contribution is -0.137. The zero-order chi connectivity index (χ0) is 24.1. The molecule has 1 aliphatic rings. The highest BCUT2D eigenvalue weighted by Gasteiger charge is 2.32. The normalized spacial score (nSPS) is 12.9. The largest absolute Gasteiger partial charge is 0.463 e. The van der Waals surface area contributed by atoms with Crippen LogP contribution in [0.5, 0.6) is 0 Å². The van der Waals surface area contributed by atoms with Gasteiger partial charge in [0.1, 0.15) is 0 Å². The number of amides is 3. The van der Waals surface area contributed by atoms with Gasteiger partial charge in [-0.2, -0.15) is 0 Å². The lowest BCUT2D eigenvalue weighted by Crippen LogP contribution is -2.41. The van der Waals surface area contributed by atoms with Crippen molar-refractivity contribution in [1.82, 2.24) is 4.90 Å². The number of anilines is 1. The molecule has 3 aromatic rings. The van der Waals surface area contributed by atoms with Crippen LogP contribution in [0.1, 0.15) is 46.0 Å². The predicted molar refractivity (Wildman–Crippen MR) is 129 cm³/mol. The molecule has 172 valence electrons. The summed E-state index contributed by atoms with van der Waals surface area (Å²) in [6.45, 7) is 2.22. The van der Waals surface area contributed by atoms with Crippen molar-refractivity contribution in [2.75, 3.05) is 18.5 Å². The van der Waals surface area contributed by atoms with Gasteiger partial charge in [0.2, 0.25) is 5.91 Å². The molecule has 0 unspecified atom stereocenters. The van der Waals surface area contributed by atoms with Crippen molar-refractivity contribution in [2.45, 2.75) is 19.8 Å². The van der Waals surface area contributed by atoms with Crippen molar-refractivity contribution >= 4 is 46.2 Å². The highest BCUT2D eigenvalue weighted by atomic mass is 16.5. The van der Waals surface area contributed by atoms with Gasteiger partial charge < -0.3 is 10.1 Å². The summed E-state index contributed by atoms with van der Waals surface area (Å²) in [5, 5.41) is 4.35. The number of carbonyl (C=O) groups excluding carboxylic acids is 4. The van der Waals surface area contributed by atoms with Crippen molar-refractivity contribution in [2.24, 2.45) is 0 Å². The maximum absolute atomic E-state index is 12.9. The third kappa shape index (κ3) is 4.88. The fourth-order valence-corrected chi connectivity index (χ4v) is 3.94. The van der Waals surface area contributed by atoms with E-state index in [2.05, 4.69) is 5.32 Å². The molecule has 0 radical (unpaired) electrons. The summed E-state index contributed by atoms with van der Waals surface area (Å²) in [6.07, 6.45) is 3.49.